The largest absolute Gasteiger partial charge is 0.507 e. The Hall–Kier alpha value is -2.14. The molecule has 2 aliphatic rings. The average Bonchev–Trinajstić information content (AvgIpc) is 2.61. The lowest BCUT2D eigenvalue weighted by molar-refractivity contribution is 0.0671. The van der Waals surface area contributed by atoms with Crippen molar-refractivity contribution in [2.24, 2.45) is 11.8 Å². The first-order valence-electron chi connectivity index (χ1n) is 9.33. The van der Waals surface area contributed by atoms with Crippen LogP contribution < -0.4 is 5.19 Å². The molecule has 1 saturated carbocycles. The lowest BCUT2D eigenvalue weighted by Crippen LogP contribution is -2.40. The predicted octanol–water partition coefficient (Wildman–Crippen LogP) is 3.98. The molecule has 0 radical (unpaired) electrons. The molecule has 5 heteroatoms. The minimum Gasteiger partial charge on any atom is -0.507 e. The van der Waals surface area contributed by atoms with Gasteiger partial charge < -0.3 is 10.2 Å². The highest BCUT2D eigenvalue weighted by Gasteiger charge is 2.46. The Morgan fingerprint density at radius 2 is 1.42 bits per heavy atom. The summed E-state index contributed by atoms with van der Waals surface area (Å²) < 4.78 is 0. The summed E-state index contributed by atoms with van der Waals surface area (Å²) in [4.78, 5) is 26.2. The van der Waals surface area contributed by atoms with Crippen LogP contribution in [0.2, 0.25) is 19.6 Å². The molecular formula is C21H24O4Si. The molecule has 0 aromatic heterocycles. The van der Waals surface area contributed by atoms with Crippen molar-refractivity contribution < 1.29 is 19.8 Å². The second-order valence-electron chi connectivity index (χ2n) is 8.65. The molecule has 26 heavy (non-hydrogen) atoms. The molecule has 0 amide bonds. The predicted molar refractivity (Wildman–Crippen MR) is 104 cm³/mol. The van der Waals surface area contributed by atoms with Crippen molar-refractivity contribution in [3.05, 3.63) is 29.3 Å². The van der Waals surface area contributed by atoms with E-state index in [2.05, 4.69) is 19.6 Å². The zero-order valence-electron chi connectivity index (χ0n) is 15.4. The summed E-state index contributed by atoms with van der Waals surface area (Å²) in [6.45, 7) is 6.46. The first-order valence-corrected chi connectivity index (χ1v) is 12.8. The summed E-state index contributed by atoms with van der Waals surface area (Å²) in [6, 6.07) is 5.53. The lowest BCUT2D eigenvalue weighted by atomic mass is 9.66. The van der Waals surface area contributed by atoms with Crippen molar-refractivity contribution in [1.29, 1.82) is 0 Å². The fraction of sp³-hybridized carbons (Fsp3) is 0.429. The number of carbonyl (C=O) groups excluding carboxylic acids is 2. The van der Waals surface area contributed by atoms with E-state index in [4.69, 9.17) is 0 Å². The Labute approximate surface area is 153 Å². The van der Waals surface area contributed by atoms with E-state index in [0.29, 0.717) is 23.6 Å². The van der Waals surface area contributed by atoms with Crippen LogP contribution in [0, 0.1) is 11.8 Å². The van der Waals surface area contributed by atoms with Gasteiger partial charge in [-0.3, -0.25) is 9.59 Å². The second-order valence-corrected chi connectivity index (χ2v) is 13.7. The molecule has 1 fully saturated rings. The zero-order valence-corrected chi connectivity index (χ0v) is 16.4. The van der Waals surface area contributed by atoms with Gasteiger partial charge in [-0.2, -0.15) is 0 Å². The first-order chi connectivity index (χ1) is 12.2. The average molecular weight is 369 g/mol. The summed E-state index contributed by atoms with van der Waals surface area (Å²) in [7, 11) is -1.84. The van der Waals surface area contributed by atoms with Crippen LogP contribution in [-0.4, -0.2) is 29.9 Å². The van der Waals surface area contributed by atoms with Crippen molar-refractivity contribution in [2.75, 3.05) is 0 Å². The van der Waals surface area contributed by atoms with E-state index in [-0.39, 0.29) is 46.0 Å². The van der Waals surface area contributed by atoms with Crippen LogP contribution in [0.3, 0.4) is 0 Å². The van der Waals surface area contributed by atoms with Gasteiger partial charge in [-0.25, -0.2) is 0 Å². The van der Waals surface area contributed by atoms with E-state index in [0.717, 1.165) is 18.0 Å². The van der Waals surface area contributed by atoms with E-state index in [1.807, 2.05) is 12.1 Å². The number of hydrogen-bond donors (Lipinski definition) is 2. The van der Waals surface area contributed by atoms with E-state index < -0.39 is 8.07 Å². The maximum Gasteiger partial charge on any atom is 0.171 e. The quantitative estimate of drug-likeness (QED) is 0.590. The van der Waals surface area contributed by atoms with Gasteiger partial charge in [0.05, 0.1) is 19.2 Å². The highest BCUT2D eigenvalue weighted by molar-refractivity contribution is 6.90. The minimum absolute atomic E-state index is 0.0378. The van der Waals surface area contributed by atoms with Gasteiger partial charge in [0.15, 0.2) is 11.6 Å². The van der Waals surface area contributed by atoms with Crippen LogP contribution in [0.1, 0.15) is 46.4 Å². The zero-order chi connectivity index (χ0) is 18.8. The van der Waals surface area contributed by atoms with Crippen molar-refractivity contribution in [3.63, 3.8) is 0 Å². The van der Waals surface area contributed by atoms with Crippen LogP contribution in [0.15, 0.2) is 18.2 Å². The van der Waals surface area contributed by atoms with Gasteiger partial charge in [0.1, 0.15) is 11.5 Å². The molecule has 2 N–H and O–H groups in total. The van der Waals surface area contributed by atoms with Crippen molar-refractivity contribution in [1.82, 2.24) is 0 Å². The Balaban J connectivity index is 2.10. The summed E-state index contributed by atoms with van der Waals surface area (Å²) in [5.41, 5.74) is 0.0877. The lowest BCUT2D eigenvalue weighted by Gasteiger charge is -2.35. The third-order valence-electron chi connectivity index (χ3n) is 6.02. The number of benzene rings is 2. The maximum absolute atomic E-state index is 13.2. The molecule has 0 aliphatic heterocycles. The van der Waals surface area contributed by atoms with Crippen LogP contribution in [0.4, 0.5) is 0 Å². The molecule has 0 saturated heterocycles. The Morgan fingerprint density at radius 1 is 0.885 bits per heavy atom. The first kappa shape index (κ1) is 17.3. The van der Waals surface area contributed by atoms with Gasteiger partial charge in [-0.15, -0.1) is 0 Å². The van der Waals surface area contributed by atoms with Crippen molar-refractivity contribution in [3.8, 4) is 11.5 Å². The Kier molecular flexibility index (Phi) is 3.77. The van der Waals surface area contributed by atoms with Gasteiger partial charge in [-0.1, -0.05) is 50.7 Å². The molecule has 0 bridgehead atoms. The number of fused-ring (bicyclic) bond motifs is 3. The van der Waals surface area contributed by atoms with Gasteiger partial charge >= 0.3 is 0 Å². The van der Waals surface area contributed by atoms with Gasteiger partial charge in [0.25, 0.3) is 0 Å². The fourth-order valence-electron chi connectivity index (χ4n) is 4.74. The summed E-state index contributed by atoms with van der Waals surface area (Å²) >= 11 is 0. The molecule has 2 unspecified atom stereocenters. The highest BCUT2D eigenvalue weighted by Crippen LogP contribution is 2.48. The monoisotopic (exact) mass is 368 g/mol. The Morgan fingerprint density at radius 3 is 1.96 bits per heavy atom. The number of ketones is 2. The van der Waals surface area contributed by atoms with Gasteiger partial charge in [-0.05, 0) is 18.0 Å². The van der Waals surface area contributed by atoms with Crippen LogP contribution >= 0.6 is 0 Å². The SMILES string of the molecule is C[Si](C)(C)c1cccc2c(O)c3c(c(O)c12)C(=O)C1CCCCC1C3=O. The summed E-state index contributed by atoms with van der Waals surface area (Å²) in [5, 5.41) is 24.0. The summed E-state index contributed by atoms with van der Waals surface area (Å²) in [6.07, 6.45) is 3.22. The minimum atomic E-state index is -1.84. The van der Waals surface area contributed by atoms with Crippen molar-refractivity contribution in [2.45, 2.75) is 45.3 Å². The van der Waals surface area contributed by atoms with Crippen molar-refractivity contribution >= 4 is 35.6 Å². The van der Waals surface area contributed by atoms with Crippen LogP contribution in [0.5, 0.6) is 11.5 Å². The van der Waals surface area contributed by atoms with E-state index >= 15 is 0 Å². The molecule has 2 aromatic carbocycles. The molecule has 2 atom stereocenters. The molecule has 4 rings (SSSR count). The third-order valence-corrected chi connectivity index (χ3v) is 8.05. The number of rotatable bonds is 1. The molecule has 4 nitrogen and oxygen atoms in total. The molecule has 0 spiro atoms. The Bertz CT molecular complexity index is 955. The van der Waals surface area contributed by atoms with E-state index in [1.165, 1.54) is 0 Å². The van der Waals surface area contributed by atoms with Crippen LogP contribution in [0.25, 0.3) is 10.8 Å². The van der Waals surface area contributed by atoms with E-state index in [9.17, 15) is 19.8 Å². The number of hydrogen-bond acceptors (Lipinski definition) is 4. The standard InChI is InChI=1S/C21H24O4Si/c1-26(2,3)14-10-6-9-13-15(14)21(25)17-16(20(13)24)18(22)11-7-4-5-8-12(11)19(17)23/h6,9-12,24-25H,4-5,7-8H2,1-3H3. The highest BCUT2D eigenvalue weighted by atomic mass is 28.3. The third kappa shape index (κ3) is 2.26. The van der Waals surface area contributed by atoms with Crippen LogP contribution in [-0.2, 0) is 0 Å². The summed E-state index contributed by atoms with van der Waals surface area (Å²) in [5.74, 6) is -1.33. The van der Waals surface area contributed by atoms with Gasteiger partial charge in [0.2, 0.25) is 0 Å². The molecule has 136 valence electrons. The van der Waals surface area contributed by atoms with Gasteiger partial charge in [0, 0.05) is 22.6 Å². The number of phenols is 2. The molecule has 2 aliphatic carbocycles. The number of Topliss-reactive ketones (excluding diaryl/α,β-unsaturated/α-hetero) is 2. The molecule has 0 heterocycles. The normalized spacial score (nSPS) is 23.0. The topological polar surface area (TPSA) is 74.6 Å². The maximum atomic E-state index is 13.2. The number of carbonyl (C=O) groups is 2. The molecule has 2 aromatic rings. The number of phenolic OH excluding ortho intramolecular Hbond substituents is 2. The smallest absolute Gasteiger partial charge is 0.171 e. The molecular weight excluding hydrogens is 344 g/mol. The second kappa shape index (κ2) is 5.68. The van der Waals surface area contributed by atoms with E-state index in [1.54, 1.807) is 6.07 Å². The fourth-order valence-corrected chi connectivity index (χ4v) is 6.33. The number of aromatic hydroxyl groups is 2.